The van der Waals surface area contributed by atoms with E-state index in [2.05, 4.69) is 25.3 Å². The highest BCUT2D eigenvalue weighted by atomic mass is 16.5. The van der Waals surface area contributed by atoms with Crippen LogP contribution in [0.15, 0.2) is 70.4 Å². The zero-order valence-corrected chi connectivity index (χ0v) is 18.5. The van der Waals surface area contributed by atoms with E-state index in [9.17, 15) is 9.59 Å². The summed E-state index contributed by atoms with van der Waals surface area (Å²) in [5.74, 6) is 0.607. The van der Waals surface area contributed by atoms with E-state index >= 15 is 0 Å². The molecule has 0 aliphatic carbocycles. The average Bonchev–Trinajstić information content (AvgIpc) is 3.10. The molecule has 6 nitrogen and oxygen atoms in total. The van der Waals surface area contributed by atoms with E-state index in [1.54, 1.807) is 35.2 Å². The predicted molar refractivity (Wildman–Crippen MR) is 125 cm³/mol. The van der Waals surface area contributed by atoms with Crippen LogP contribution in [0, 0.1) is 0 Å². The van der Waals surface area contributed by atoms with E-state index in [0.29, 0.717) is 35.4 Å². The molecule has 1 amide bonds. The minimum Gasteiger partial charge on any atom is -0.490 e. The van der Waals surface area contributed by atoms with E-state index in [0.717, 1.165) is 25.2 Å². The highest BCUT2D eigenvalue weighted by Gasteiger charge is 2.42. The predicted octanol–water partition coefficient (Wildman–Crippen LogP) is 4.24. The first-order valence-electron chi connectivity index (χ1n) is 11.0. The van der Waals surface area contributed by atoms with E-state index in [-0.39, 0.29) is 17.1 Å². The normalized spacial score (nSPS) is 15.4. The van der Waals surface area contributed by atoms with Gasteiger partial charge in [-0.15, -0.1) is 0 Å². The van der Waals surface area contributed by atoms with Crippen LogP contribution in [0.2, 0.25) is 0 Å². The number of carbonyl (C=O) groups is 1. The van der Waals surface area contributed by atoms with Crippen molar-refractivity contribution in [1.82, 2.24) is 9.80 Å². The zero-order chi connectivity index (χ0) is 22.7. The fraction of sp³-hybridized carbons (Fsp3) is 0.308. The lowest BCUT2D eigenvalue weighted by Gasteiger charge is -2.28. The largest absolute Gasteiger partial charge is 0.490 e. The SMILES string of the molecule is C=CCOc1ccc([C@@H]2c3c(oc4ccccc4c3=O)C(=O)N2CCN(CC)CC)cc1. The van der Waals surface area contributed by atoms with Gasteiger partial charge in [-0.2, -0.15) is 0 Å². The summed E-state index contributed by atoms with van der Waals surface area (Å²) in [5.41, 5.74) is 1.54. The summed E-state index contributed by atoms with van der Waals surface area (Å²) in [6.45, 7) is 11.3. The molecule has 2 aromatic carbocycles. The smallest absolute Gasteiger partial charge is 0.290 e. The number of ether oxygens (including phenoxy) is 1. The van der Waals surface area contributed by atoms with Crippen LogP contribution in [-0.2, 0) is 0 Å². The van der Waals surface area contributed by atoms with Gasteiger partial charge in [0, 0.05) is 13.1 Å². The lowest BCUT2D eigenvalue weighted by molar-refractivity contribution is 0.0708. The van der Waals surface area contributed by atoms with Gasteiger partial charge < -0.3 is 19.0 Å². The fourth-order valence-corrected chi connectivity index (χ4v) is 4.23. The van der Waals surface area contributed by atoms with Crippen molar-refractivity contribution in [1.29, 1.82) is 0 Å². The van der Waals surface area contributed by atoms with Gasteiger partial charge in [-0.1, -0.05) is 50.8 Å². The van der Waals surface area contributed by atoms with Crippen LogP contribution >= 0.6 is 0 Å². The molecule has 1 atom stereocenters. The van der Waals surface area contributed by atoms with Crippen molar-refractivity contribution in [3.63, 3.8) is 0 Å². The van der Waals surface area contributed by atoms with Crippen molar-refractivity contribution in [2.75, 3.05) is 32.8 Å². The van der Waals surface area contributed by atoms with Gasteiger partial charge in [-0.3, -0.25) is 9.59 Å². The third-order valence-electron chi connectivity index (χ3n) is 5.99. The Labute approximate surface area is 187 Å². The summed E-state index contributed by atoms with van der Waals surface area (Å²) in [4.78, 5) is 30.9. The molecule has 2 heterocycles. The first-order chi connectivity index (χ1) is 15.6. The van der Waals surface area contributed by atoms with Gasteiger partial charge in [-0.05, 0) is 42.9 Å². The van der Waals surface area contributed by atoms with Crippen LogP contribution < -0.4 is 10.2 Å². The number of likely N-dealkylation sites (N-methyl/N-ethyl adjacent to an activating group) is 1. The molecule has 1 aromatic heterocycles. The Morgan fingerprint density at radius 3 is 2.50 bits per heavy atom. The number of fused-ring (bicyclic) bond motifs is 2. The number of para-hydroxylation sites is 1. The van der Waals surface area contributed by atoms with Crippen molar-refractivity contribution in [2.24, 2.45) is 0 Å². The Morgan fingerprint density at radius 2 is 1.81 bits per heavy atom. The topological polar surface area (TPSA) is 63.0 Å². The standard InChI is InChI=1S/C26H28N2O4/c1-4-17-31-19-13-11-18(12-14-19)23-22-24(29)20-9-7-8-10-21(20)32-25(22)26(30)28(23)16-15-27(5-2)6-3/h4,7-14,23H,1,5-6,15-17H2,2-3H3/t23-/m1/s1. The molecule has 32 heavy (non-hydrogen) atoms. The van der Waals surface area contributed by atoms with Gasteiger partial charge >= 0.3 is 0 Å². The Morgan fingerprint density at radius 1 is 1.09 bits per heavy atom. The van der Waals surface area contributed by atoms with Crippen LogP contribution in [-0.4, -0.2) is 48.5 Å². The lowest BCUT2D eigenvalue weighted by atomic mass is 9.98. The molecular weight excluding hydrogens is 404 g/mol. The molecule has 0 fully saturated rings. The lowest BCUT2D eigenvalue weighted by Crippen LogP contribution is -2.37. The fourth-order valence-electron chi connectivity index (χ4n) is 4.23. The molecule has 0 N–H and O–H groups in total. The Balaban J connectivity index is 1.79. The molecule has 0 bridgehead atoms. The number of benzene rings is 2. The summed E-state index contributed by atoms with van der Waals surface area (Å²) in [6, 6.07) is 14.1. The first-order valence-corrected chi connectivity index (χ1v) is 11.0. The maximum atomic E-state index is 13.5. The Kier molecular flexibility index (Phi) is 6.42. The van der Waals surface area contributed by atoms with Crippen molar-refractivity contribution in [3.8, 4) is 5.75 Å². The summed E-state index contributed by atoms with van der Waals surface area (Å²) >= 11 is 0. The summed E-state index contributed by atoms with van der Waals surface area (Å²) in [6.07, 6.45) is 1.69. The molecule has 166 valence electrons. The van der Waals surface area contributed by atoms with E-state index in [1.807, 2.05) is 24.3 Å². The van der Waals surface area contributed by atoms with Gasteiger partial charge in [0.1, 0.15) is 17.9 Å². The van der Waals surface area contributed by atoms with Gasteiger partial charge in [-0.25, -0.2) is 0 Å². The van der Waals surface area contributed by atoms with Gasteiger partial charge in [0.15, 0.2) is 5.43 Å². The summed E-state index contributed by atoms with van der Waals surface area (Å²) in [5, 5.41) is 0.487. The molecule has 4 rings (SSSR count). The van der Waals surface area contributed by atoms with Gasteiger partial charge in [0.2, 0.25) is 5.76 Å². The van der Waals surface area contributed by atoms with E-state index in [1.165, 1.54) is 0 Å². The number of carbonyl (C=O) groups excluding carboxylic acids is 1. The van der Waals surface area contributed by atoms with Crippen LogP contribution in [0.4, 0.5) is 0 Å². The minimum absolute atomic E-state index is 0.144. The second kappa shape index (κ2) is 9.40. The summed E-state index contributed by atoms with van der Waals surface area (Å²) < 4.78 is 11.6. The molecule has 0 saturated carbocycles. The number of hydrogen-bond acceptors (Lipinski definition) is 5. The van der Waals surface area contributed by atoms with Crippen molar-refractivity contribution in [3.05, 3.63) is 88.3 Å². The maximum absolute atomic E-state index is 13.5. The van der Waals surface area contributed by atoms with Crippen LogP contribution in [0.1, 0.15) is 41.6 Å². The number of hydrogen-bond donors (Lipinski definition) is 0. The van der Waals surface area contributed by atoms with E-state index in [4.69, 9.17) is 9.15 Å². The second-order valence-corrected chi connectivity index (χ2v) is 7.77. The van der Waals surface area contributed by atoms with Crippen molar-refractivity contribution < 1.29 is 13.9 Å². The third kappa shape index (κ3) is 3.94. The molecular formula is C26H28N2O4. The molecule has 0 unspecified atom stereocenters. The third-order valence-corrected chi connectivity index (χ3v) is 5.99. The average molecular weight is 433 g/mol. The van der Waals surface area contributed by atoms with Gasteiger partial charge in [0.05, 0.1) is 17.0 Å². The van der Waals surface area contributed by atoms with Gasteiger partial charge in [0.25, 0.3) is 5.91 Å². The first kappa shape index (κ1) is 21.8. The number of amides is 1. The molecule has 1 aliphatic rings. The molecule has 6 heteroatoms. The monoisotopic (exact) mass is 432 g/mol. The molecule has 1 aliphatic heterocycles. The van der Waals surface area contributed by atoms with Crippen LogP contribution in [0.3, 0.4) is 0 Å². The summed E-state index contributed by atoms with van der Waals surface area (Å²) in [7, 11) is 0. The zero-order valence-electron chi connectivity index (χ0n) is 18.5. The number of rotatable bonds is 9. The quantitative estimate of drug-likeness (QED) is 0.473. The molecule has 0 spiro atoms. The Hall–Kier alpha value is -3.38. The van der Waals surface area contributed by atoms with Crippen LogP contribution in [0.5, 0.6) is 5.75 Å². The molecule has 0 radical (unpaired) electrons. The maximum Gasteiger partial charge on any atom is 0.290 e. The number of nitrogens with zero attached hydrogens (tertiary/aromatic N) is 2. The minimum atomic E-state index is -0.498. The highest BCUT2D eigenvalue weighted by Crippen LogP contribution is 2.38. The second-order valence-electron chi connectivity index (χ2n) is 7.77. The van der Waals surface area contributed by atoms with Crippen molar-refractivity contribution in [2.45, 2.75) is 19.9 Å². The Bertz CT molecular complexity index is 1180. The van der Waals surface area contributed by atoms with E-state index < -0.39 is 6.04 Å². The molecule has 0 saturated heterocycles. The van der Waals surface area contributed by atoms with Crippen LogP contribution in [0.25, 0.3) is 11.0 Å². The van der Waals surface area contributed by atoms with Crippen molar-refractivity contribution >= 4 is 16.9 Å². The molecule has 3 aromatic rings. The highest BCUT2D eigenvalue weighted by molar-refractivity contribution is 5.99.